The zero-order chi connectivity index (χ0) is 13.8. The van der Waals surface area contributed by atoms with Crippen molar-refractivity contribution in [3.8, 4) is 5.75 Å². The fourth-order valence-corrected chi connectivity index (χ4v) is 2.15. The maximum atomic E-state index is 9.27. The van der Waals surface area contributed by atoms with Crippen molar-refractivity contribution in [2.75, 3.05) is 0 Å². The van der Waals surface area contributed by atoms with Crippen LogP contribution in [-0.4, -0.2) is 19.9 Å². The standard InChI is InChI=1S/C14H20N4O/c1-3-8-18-10(2)16-17-14(18)13(15)9-11-4-6-12(19)7-5-11/h4-7,13,19H,3,8-9,15H2,1-2H3. The van der Waals surface area contributed by atoms with Gasteiger partial charge < -0.3 is 15.4 Å². The van der Waals surface area contributed by atoms with Crippen LogP contribution in [0.15, 0.2) is 24.3 Å². The van der Waals surface area contributed by atoms with Gasteiger partial charge in [-0.2, -0.15) is 0 Å². The molecule has 0 aliphatic heterocycles. The van der Waals surface area contributed by atoms with E-state index in [1.807, 2.05) is 19.1 Å². The van der Waals surface area contributed by atoms with E-state index in [1.165, 1.54) is 0 Å². The minimum absolute atomic E-state index is 0.183. The Kier molecular flexibility index (Phi) is 4.16. The second kappa shape index (κ2) is 5.84. The summed E-state index contributed by atoms with van der Waals surface area (Å²) in [5.41, 5.74) is 7.30. The molecule has 0 bridgehead atoms. The van der Waals surface area contributed by atoms with Crippen molar-refractivity contribution < 1.29 is 5.11 Å². The van der Waals surface area contributed by atoms with E-state index in [-0.39, 0.29) is 11.8 Å². The van der Waals surface area contributed by atoms with Crippen LogP contribution in [0.1, 0.15) is 36.6 Å². The number of hydrogen-bond donors (Lipinski definition) is 2. The van der Waals surface area contributed by atoms with Gasteiger partial charge in [-0.3, -0.25) is 0 Å². The predicted molar refractivity (Wildman–Crippen MR) is 73.8 cm³/mol. The highest BCUT2D eigenvalue weighted by Crippen LogP contribution is 2.18. The summed E-state index contributed by atoms with van der Waals surface area (Å²) in [7, 11) is 0. The number of aromatic hydroxyl groups is 1. The number of aromatic nitrogens is 3. The first-order valence-corrected chi connectivity index (χ1v) is 6.55. The monoisotopic (exact) mass is 260 g/mol. The topological polar surface area (TPSA) is 77.0 Å². The molecule has 1 heterocycles. The first-order valence-electron chi connectivity index (χ1n) is 6.55. The Morgan fingerprint density at radius 3 is 2.58 bits per heavy atom. The van der Waals surface area contributed by atoms with E-state index in [0.717, 1.165) is 30.2 Å². The van der Waals surface area contributed by atoms with Gasteiger partial charge in [-0.15, -0.1) is 10.2 Å². The van der Waals surface area contributed by atoms with Crippen molar-refractivity contribution >= 4 is 0 Å². The van der Waals surface area contributed by atoms with Crippen LogP contribution in [0.5, 0.6) is 5.75 Å². The second-order valence-corrected chi connectivity index (χ2v) is 4.73. The molecule has 1 unspecified atom stereocenters. The Labute approximate surface area is 113 Å². The predicted octanol–water partition coefficient (Wildman–Crippen LogP) is 1.94. The van der Waals surface area contributed by atoms with E-state index in [1.54, 1.807) is 12.1 Å². The molecule has 0 fully saturated rings. The largest absolute Gasteiger partial charge is 0.508 e. The minimum Gasteiger partial charge on any atom is -0.508 e. The van der Waals surface area contributed by atoms with Crippen molar-refractivity contribution in [3.63, 3.8) is 0 Å². The second-order valence-electron chi connectivity index (χ2n) is 4.73. The molecule has 0 spiro atoms. The first kappa shape index (κ1) is 13.5. The van der Waals surface area contributed by atoms with Crippen molar-refractivity contribution in [3.05, 3.63) is 41.5 Å². The smallest absolute Gasteiger partial charge is 0.150 e. The maximum absolute atomic E-state index is 9.27. The van der Waals surface area contributed by atoms with Gasteiger partial charge >= 0.3 is 0 Å². The van der Waals surface area contributed by atoms with Gasteiger partial charge in [0.15, 0.2) is 0 Å². The number of aryl methyl sites for hydroxylation is 1. The van der Waals surface area contributed by atoms with E-state index >= 15 is 0 Å². The molecule has 0 saturated carbocycles. The first-order chi connectivity index (χ1) is 9.11. The number of phenols is 1. The molecule has 19 heavy (non-hydrogen) atoms. The van der Waals surface area contributed by atoms with Gasteiger partial charge in [0.25, 0.3) is 0 Å². The van der Waals surface area contributed by atoms with Crippen LogP contribution in [0.25, 0.3) is 0 Å². The van der Waals surface area contributed by atoms with Gasteiger partial charge in [0.05, 0.1) is 6.04 Å². The third kappa shape index (κ3) is 3.12. The molecule has 0 aliphatic rings. The highest BCUT2D eigenvalue weighted by molar-refractivity contribution is 5.26. The number of rotatable bonds is 5. The summed E-state index contributed by atoms with van der Waals surface area (Å²) in [6.07, 6.45) is 1.71. The van der Waals surface area contributed by atoms with Gasteiger partial charge in [-0.05, 0) is 37.5 Å². The number of nitrogens with zero attached hydrogens (tertiary/aromatic N) is 3. The molecule has 5 nitrogen and oxygen atoms in total. The Morgan fingerprint density at radius 1 is 1.26 bits per heavy atom. The van der Waals surface area contributed by atoms with Crippen LogP contribution < -0.4 is 5.73 Å². The van der Waals surface area contributed by atoms with Crippen LogP contribution in [0, 0.1) is 6.92 Å². The normalized spacial score (nSPS) is 12.6. The number of phenolic OH excluding ortho intramolecular Hbond substituents is 1. The van der Waals surface area contributed by atoms with Gasteiger partial charge in [0.1, 0.15) is 17.4 Å². The lowest BCUT2D eigenvalue weighted by Crippen LogP contribution is -2.19. The molecule has 2 rings (SSSR count). The molecule has 102 valence electrons. The number of nitrogens with two attached hydrogens (primary N) is 1. The summed E-state index contributed by atoms with van der Waals surface area (Å²) in [5, 5.41) is 17.6. The molecule has 3 N–H and O–H groups in total. The Morgan fingerprint density at radius 2 is 1.95 bits per heavy atom. The number of hydrogen-bond acceptors (Lipinski definition) is 4. The average Bonchev–Trinajstić information content (AvgIpc) is 2.75. The van der Waals surface area contributed by atoms with Crippen LogP contribution >= 0.6 is 0 Å². The lowest BCUT2D eigenvalue weighted by Gasteiger charge is -2.13. The molecule has 0 aliphatic carbocycles. The third-order valence-electron chi connectivity index (χ3n) is 3.14. The molecule has 1 aromatic carbocycles. The molecule has 0 saturated heterocycles. The zero-order valence-electron chi connectivity index (χ0n) is 11.4. The number of benzene rings is 1. The van der Waals surface area contributed by atoms with E-state index in [2.05, 4.69) is 21.7 Å². The molecule has 0 amide bonds. The van der Waals surface area contributed by atoms with Crippen molar-refractivity contribution in [2.24, 2.45) is 5.73 Å². The Hall–Kier alpha value is -1.88. The minimum atomic E-state index is -0.183. The zero-order valence-corrected chi connectivity index (χ0v) is 11.4. The average molecular weight is 260 g/mol. The summed E-state index contributed by atoms with van der Waals surface area (Å²) in [5.74, 6) is 1.99. The Balaban J connectivity index is 2.15. The van der Waals surface area contributed by atoms with Gasteiger partial charge in [0, 0.05) is 6.54 Å². The van der Waals surface area contributed by atoms with Gasteiger partial charge in [0.2, 0.25) is 0 Å². The fourth-order valence-electron chi connectivity index (χ4n) is 2.15. The molecule has 1 atom stereocenters. The molecule has 1 aromatic heterocycles. The van der Waals surface area contributed by atoms with Gasteiger partial charge in [-0.1, -0.05) is 19.1 Å². The van der Waals surface area contributed by atoms with Crippen LogP contribution in [0.4, 0.5) is 0 Å². The maximum Gasteiger partial charge on any atom is 0.150 e. The molecular weight excluding hydrogens is 240 g/mol. The summed E-state index contributed by atoms with van der Waals surface area (Å²) in [6.45, 7) is 4.95. The Bertz CT molecular complexity index is 533. The fraction of sp³-hybridized carbons (Fsp3) is 0.429. The highest BCUT2D eigenvalue weighted by atomic mass is 16.3. The molecular formula is C14H20N4O. The summed E-state index contributed by atoms with van der Waals surface area (Å²) >= 11 is 0. The SMILES string of the molecule is CCCn1c(C)nnc1C(N)Cc1ccc(O)cc1. The lowest BCUT2D eigenvalue weighted by atomic mass is 10.1. The van der Waals surface area contributed by atoms with E-state index in [0.29, 0.717) is 6.42 Å². The van der Waals surface area contributed by atoms with Crippen molar-refractivity contribution in [1.82, 2.24) is 14.8 Å². The van der Waals surface area contributed by atoms with Gasteiger partial charge in [-0.25, -0.2) is 0 Å². The highest BCUT2D eigenvalue weighted by Gasteiger charge is 2.16. The summed E-state index contributed by atoms with van der Waals surface area (Å²) < 4.78 is 2.07. The third-order valence-corrected chi connectivity index (χ3v) is 3.14. The van der Waals surface area contributed by atoms with E-state index in [4.69, 9.17) is 5.73 Å². The summed E-state index contributed by atoms with van der Waals surface area (Å²) in [4.78, 5) is 0. The lowest BCUT2D eigenvalue weighted by molar-refractivity contribution is 0.475. The van der Waals surface area contributed by atoms with Crippen LogP contribution in [0.2, 0.25) is 0 Å². The quantitative estimate of drug-likeness (QED) is 0.861. The molecule has 0 radical (unpaired) electrons. The van der Waals surface area contributed by atoms with Crippen molar-refractivity contribution in [1.29, 1.82) is 0 Å². The van der Waals surface area contributed by atoms with Crippen LogP contribution in [-0.2, 0) is 13.0 Å². The van der Waals surface area contributed by atoms with Crippen LogP contribution in [0.3, 0.4) is 0 Å². The molecule has 5 heteroatoms. The van der Waals surface area contributed by atoms with E-state index in [9.17, 15) is 5.11 Å². The summed E-state index contributed by atoms with van der Waals surface area (Å²) in [6, 6.07) is 6.91. The molecule has 2 aromatic rings. The van der Waals surface area contributed by atoms with Crippen molar-refractivity contribution in [2.45, 2.75) is 39.3 Å². The van der Waals surface area contributed by atoms with E-state index < -0.39 is 0 Å².